The molecule has 4 nitrogen and oxygen atoms in total. The Balaban J connectivity index is 1.48. The van der Waals surface area contributed by atoms with Crippen LogP contribution in [-0.2, 0) is 4.79 Å². The number of nitrogens with zero attached hydrogens (tertiary/aromatic N) is 1. The molecule has 1 aliphatic heterocycles. The lowest BCUT2D eigenvalue weighted by Crippen LogP contribution is -2.41. The molecular weight excluding hydrogens is 436 g/mol. The molecule has 1 aliphatic rings. The van der Waals surface area contributed by atoms with Crippen LogP contribution in [0.2, 0.25) is 10.0 Å². The Bertz CT molecular complexity index is 1050. The first kappa shape index (κ1) is 21.6. The molecule has 0 aromatic heterocycles. The summed E-state index contributed by atoms with van der Waals surface area (Å²) in [5.41, 5.74) is 2.43. The van der Waals surface area contributed by atoms with Crippen molar-refractivity contribution in [2.45, 2.75) is 18.5 Å². The predicted molar refractivity (Wildman–Crippen MR) is 124 cm³/mol. The molecule has 160 valence electrons. The van der Waals surface area contributed by atoms with Gasteiger partial charge in [-0.2, -0.15) is 0 Å². The summed E-state index contributed by atoms with van der Waals surface area (Å²) in [6.45, 7) is 1.59. The zero-order valence-electron chi connectivity index (χ0n) is 16.7. The van der Waals surface area contributed by atoms with Crippen LogP contribution >= 0.6 is 23.2 Å². The quantitative estimate of drug-likeness (QED) is 0.500. The molecule has 2 N–H and O–H groups in total. The van der Waals surface area contributed by atoms with E-state index in [2.05, 4.69) is 15.5 Å². The maximum Gasteiger partial charge on any atom is 0.246 e. The summed E-state index contributed by atoms with van der Waals surface area (Å²) in [5.74, 6) is -0.533. The van der Waals surface area contributed by atoms with Gasteiger partial charge in [0, 0.05) is 30.5 Å². The summed E-state index contributed by atoms with van der Waals surface area (Å²) in [7, 11) is 0. The molecule has 2 unspecified atom stereocenters. The Morgan fingerprint density at radius 2 is 1.74 bits per heavy atom. The van der Waals surface area contributed by atoms with E-state index in [0.29, 0.717) is 15.7 Å². The molecule has 0 aliphatic carbocycles. The third kappa shape index (κ3) is 5.37. The Morgan fingerprint density at radius 1 is 1.00 bits per heavy atom. The van der Waals surface area contributed by atoms with E-state index in [4.69, 9.17) is 23.2 Å². The lowest BCUT2D eigenvalue weighted by molar-refractivity contribution is -0.118. The molecule has 7 heteroatoms. The molecule has 4 rings (SSSR count). The van der Waals surface area contributed by atoms with E-state index in [0.717, 1.165) is 30.8 Å². The summed E-state index contributed by atoms with van der Waals surface area (Å²) in [6.07, 6.45) is 0.882. The van der Waals surface area contributed by atoms with E-state index >= 15 is 0 Å². The van der Waals surface area contributed by atoms with Crippen LogP contribution in [0.4, 0.5) is 15.8 Å². The van der Waals surface area contributed by atoms with Crippen LogP contribution in [0.1, 0.15) is 18.0 Å². The monoisotopic (exact) mass is 457 g/mol. The van der Waals surface area contributed by atoms with Crippen LogP contribution in [0.3, 0.4) is 0 Å². The summed E-state index contributed by atoms with van der Waals surface area (Å²) in [6, 6.07) is 20.5. The summed E-state index contributed by atoms with van der Waals surface area (Å²) in [4.78, 5) is 15.3. The van der Waals surface area contributed by atoms with Crippen LogP contribution in [0.5, 0.6) is 0 Å². The fourth-order valence-electron chi connectivity index (χ4n) is 3.76. The largest absolute Gasteiger partial charge is 0.370 e. The van der Waals surface area contributed by atoms with E-state index in [-0.39, 0.29) is 17.8 Å². The standard InChI is InChI=1S/C24H22Cl2FN3O/c25-21-11-10-20(14-22(21)26)30-13-12-19(15-30)28-23(16-4-2-1-3-5-16)24(31)29-18-8-6-17(27)7-9-18/h1-11,14,19,23,28H,12-13,15H2,(H,29,31). The number of rotatable bonds is 6. The second-order valence-electron chi connectivity index (χ2n) is 7.54. The molecule has 0 spiro atoms. The number of hydrogen-bond acceptors (Lipinski definition) is 3. The van der Waals surface area contributed by atoms with Crippen molar-refractivity contribution in [2.75, 3.05) is 23.3 Å². The minimum absolute atomic E-state index is 0.110. The van der Waals surface area contributed by atoms with Crippen LogP contribution in [0, 0.1) is 5.82 Å². The SMILES string of the molecule is O=C(Nc1ccc(F)cc1)C(NC1CCN(c2ccc(Cl)c(Cl)c2)C1)c1ccccc1. The van der Waals surface area contributed by atoms with Gasteiger partial charge in [0.25, 0.3) is 0 Å². The van der Waals surface area contributed by atoms with Crippen LogP contribution in [0.15, 0.2) is 72.8 Å². The molecule has 0 radical (unpaired) electrons. The van der Waals surface area contributed by atoms with Crippen LogP contribution < -0.4 is 15.5 Å². The number of amides is 1. The molecule has 0 saturated carbocycles. The van der Waals surface area contributed by atoms with E-state index in [1.54, 1.807) is 18.2 Å². The molecule has 3 aromatic rings. The average Bonchev–Trinajstić information content (AvgIpc) is 3.25. The minimum atomic E-state index is -0.537. The summed E-state index contributed by atoms with van der Waals surface area (Å²) < 4.78 is 13.2. The Labute approximate surface area is 191 Å². The van der Waals surface area contributed by atoms with Gasteiger partial charge in [0.2, 0.25) is 5.91 Å². The van der Waals surface area contributed by atoms with E-state index in [9.17, 15) is 9.18 Å². The van der Waals surface area contributed by atoms with E-state index < -0.39 is 6.04 Å². The molecule has 1 fully saturated rings. The van der Waals surface area contributed by atoms with Crippen molar-refractivity contribution in [1.29, 1.82) is 0 Å². The first-order valence-corrected chi connectivity index (χ1v) is 10.8. The Morgan fingerprint density at radius 3 is 2.45 bits per heavy atom. The van der Waals surface area contributed by atoms with E-state index in [1.807, 2.05) is 42.5 Å². The topological polar surface area (TPSA) is 44.4 Å². The Kier molecular flexibility index (Phi) is 6.76. The third-order valence-electron chi connectivity index (χ3n) is 5.37. The van der Waals surface area contributed by atoms with Crippen molar-refractivity contribution >= 4 is 40.5 Å². The fourth-order valence-corrected chi connectivity index (χ4v) is 4.06. The molecule has 31 heavy (non-hydrogen) atoms. The number of anilines is 2. The molecule has 2 atom stereocenters. The van der Waals surface area contributed by atoms with Gasteiger partial charge in [-0.3, -0.25) is 10.1 Å². The number of carbonyl (C=O) groups is 1. The smallest absolute Gasteiger partial charge is 0.246 e. The normalized spacial score (nSPS) is 16.9. The first-order chi connectivity index (χ1) is 15.0. The summed E-state index contributed by atoms with van der Waals surface area (Å²) in [5, 5.41) is 7.44. The second kappa shape index (κ2) is 9.69. The maximum atomic E-state index is 13.2. The lowest BCUT2D eigenvalue weighted by atomic mass is 10.0. The van der Waals surface area contributed by atoms with Crippen molar-refractivity contribution < 1.29 is 9.18 Å². The van der Waals surface area contributed by atoms with Gasteiger partial charge in [-0.15, -0.1) is 0 Å². The number of hydrogen-bond donors (Lipinski definition) is 2. The fraction of sp³-hybridized carbons (Fsp3) is 0.208. The molecule has 3 aromatic carbocycles. The minimum Gasteiger partial charge on any atom is -0.370 e. The highest BCUT2D eigenvalue weighted by Gasteiger charge is 2.29. The highest BCUT2D eigenvalue weighted by molar-refractivity contribution is 6.42. The van der Waals surface area contributed by atoms with Crippen LogP contribution in [-0.4, -0.2) is 25.0 Å². The number of carbonyl (C=O) groups excluding carboxylic acids is 1. The van der Waals surface area contributed by atoms with Gasteiger partial charge in [0.15, 0.2) is 0 Å². The molecule has 1 saturated heterocycles. The zero-order valence-corrected chi connectivity index (χ0v) is 18.2. The number of nitrogens with one attached hydrogen (secondary N) is 2. The van der Waals surface area contributed by atoms with Gasteiger partial charge in [0.05, 0.1) is 10.0 Å². The van der Waals surface area contributed by atoms with Crippen molar-refractivity contribution in [3.63, 3.8) is 0 Å². The van der Waals surface area contributed by atoms with Crippen molar-refractivity contribution in [2.24, 2.45) is 0 Å². The molecule has 1 amide bonds. The highest BCUT2D eigenvalue weighted by Crippen LogP contribution is 2.29. The van der Waals surface area contributed by atoms with Crippen molar-refractivity contribution in [1.82, 2.24) is 5.32 Å². The van der Waals surface area contributed by atoms with Crippen molar-refractivity contribution in [3.8, 4) is 0 Å². The Hall–Kier alpha value is -2.60. The molecule has 0 bridgehead atoms. The first-order valence-electron chi connectivity index (χ1n) is 10.1. The molecular formula is C24H22Cl2FN3O. The van der Waals surface area contributed by atoms with Gasteiger partial charge in [-0.1, -0.05) is 53.5 Å². The number of halogens is 3. The van der Waals surface area contributed by atoms with Gasteiger partial charge < -0.3 is 10.2 Å². The highest BCUT2D eigenvalue weighted by atomic mass is 35.5. The van der Waals surface area contributed by atoms with Gasteiger partial charge in [0.1, 0.15) is 11.9 Å². The molecule has 1 heterocycles. The van der Waals surface area contributed by atoms with E-state index in [1.165, 1.54) is 12.1 Å². The third-order valence-corrected chi connectivity index (χ3v) is 6.10. The van der Waals surface area contributed by atoms with Crippen molar-refractivity contribution in [3.05, 3.63) is 94.2 Å². The average molecular weight is 458 g/mol. The number of benzene rings is 3. The summed E-state index contributed by atoms with van der Waals surface area (Å²) >= 11 is 12.2. The van der Waals surface area contributed by atoms with Gasteiger partial charge >= 0.3 is 0 Å². The predicted octanol–water partition coefficient (Wildman–Crippen LogP) is 5.68. The van der Waals surface area contributed by atoms with Gasteiger partial charge in [-0.25, -0.2) is 4.39 Å². The second-order valence-corrected chi connectivity index (χ2v) is 8.35. The van der Waals surface area contributed by atoms with Crippen LogP contribution in [0.25, 0.3) is 0 Å². The van der Waals surface area contributed by atoms with Gasteiger partial charge in [-0.05, 0) is 54.4 Å². The maximum absolute atomic E-state index is 13.2. The zero-order chi connectivity index (χ0) is 21.8. The lowest BCUT2D eigenvalue weighted by Gasteiger charge is -2.24.